The summed E-state index contributed by atoms with van der Waals surface area (Å²) < 4.78 is 2.32. The highest BCUT2D eigenvalue weighted by Crippen LogP contribution is 2.33. The van der Waals surface area contributed by atoms with Gasteiger partial charge in [-0.1, -0.05) is 42.5 Å². The normalized spacial score (nSPS) is 17.4. The Morgan fingerprint density at radius 1 is 0.900 bits per heavy atom. The van der Waals surface area contributed by atoms with Crippen LogP contribution in [-0.4, -0.2) is 11.6 Å². The van der Waals surface area contributed by atoms with E-state index >= 15 is 0 Å². The largest absolute Gasteiger partial charge is 0.350 e. The average molecular weight is 260 g/mol. The first-order chi connectivity index (χ1) is 9.84. The number of fused-ring (bicyclic) bond motifs is 2. The number of likely N-dealkylation sites (N-methyl/N-ethyl adjacent to an activating group) is 1. The SMILES string of the molecule is CN1c2ccccc2C=C[C@@H]1n1ccc2ccccc21. The van der Waals surface area contributed by atoms with Crippen LogP contribution < -0.4 is 4.90 Å². The minimum Gasteiger partial charge on any atom is -0.350 e. The highest BCUT2D eigenvalue weighted by Gasteiger charge is 2.20. The van der Waals surface area contributed by atoms with E-state index in [4.69, 9.17) is 0 Å². The van der Waals surface area contributed by atoms with Crippen LogP contribution >= 0.6 is 0 Å². The van der Waals surface area contributed by atoms with Crippen molar-refractivity contribution in [3.05, 3.63) is 72.4 Å². The standard InChI is InChI=1S/C18H16N2/c1-19-16-8-4-2-6-14(16)10-11-18(19)20-13-12-15-7-3-5-9-17(15)20/h2-13,18H,1H3/t18-/m0/s1. The number of aromatic nitrogens is 1. The fourth-order valence-corrected chi connectivity index (χ4v) is 3.03. The predicted molar refractivity (Wildman–Crippen MR) is 84.9 cm³/mol. The molecule has 1 atom stereocenters. The predicted octanol–water partition coefficient (Wildman–Crippen LogP) is 4.30. The van der Waals surface area contributed by atoms with Gasteiger partial charge in [-0.15, -0.1) is 0 Å². The maximum absolute atomic E-state index is 2.32. The van der Waals surface area contributed by atoms with Gasteiger partial charge in [-0.05, 0) is 35.2 Å². The molecule has 0 N–H and O–H groups in total. The van der Waals surface area contributed by atoms with Gasteiger partial charge in [0.25, 0.3) is 0 Å². The third-order valence-electron chi connectivity index (χ3n) is 4.08. The lowest BCUT2D eigenvalue weighted by Crippen LogP contribution is -2.29. The lowest BCUT2D eigenvalue weighted by atomic mass is 10.1. The molecule has 1 aliphatic rings. The molecule has 4 rings (SSSR count). The molecule has 0 amide bonds. The minimum absolute atomic E-state index is 0.227. The van der Waals surface area contributed by atoms with Crippen LogP contribution in [0.3, 0.4) is 0 Å². The second kappa shape index (κ2) is 4.27. The van der Waals surface area contributed by atoms with Crippen molar-refractivity contribution in [2.45, 2.75) is 6.17 Å². The molecule has 2 aromatic carbocycles. The maximum Gasteiger partial charge on any atom is 0.125 e. The van der Waals surface area contributed by atoms with Crippen LogP contribution in [0.25, 0.3) is 17.0 Å². The molecule has 0 fully saturated rings. The lowest BCUT2D eigenvalue weighted by molar-refractivity contribution is 0.609. The first-order valence-corrected chi connectivity index (χ1v) is 6.90. The molecule has 0 unspecified atom stereocenters. The fourth-order valence-electron chi connectivity index (χ4n) is 3.03. The Morgan fingerprint density at radius 2 is 1.70 bits per heavy atom. The molecule has 0 spiro atoms. The zero-order valence-corrected chi connectivity index (χ0v) is 11.4. The third-order valence-corrected chi connectivity index (χ3v) is 4.08. The lowest BCUT2D eigenvalue weighted by Gasteiger charge is -2.33. The van der Waals surface area contributed by atoms with Gasteiger partial charge in [0.2, 0.25) is 0 Å². The van der Waals surface area contributed by atoms with Gasteiger partial charge < -0.3 is 9.47 Å². The van der Waals surface area contributed by atoms with E-state index < -0.39 is 0 Å². The Balaban J connectivity index is 1.85. The summed E-state index contributed by atoms with van der Waals surface area (Å²) in [6.07, 6.45) is 6.87. The minimum atomic E-state index is 0.227. The van der Waals surface area contributed by atoms with E-state index in [0.29, 0.717) is 0 Å². The van der Waals surface area contributed by atoms with E-state index in [1.807, 2.05) is 0 Å². The van der Waals surface area contributed by atoms with Gasteiger partial charge in [0.05, 0.1) is 5.52 Å². The number of hydrogen-bond donors (Lipinski definition) is 0. The van der Waals surface area contributed by atoms with Gasteiger partial charge in [0, 0.05) is 18.9 Å². The Morgan fingerprint density at radius 3 is 2.65 bits per heavy atom. The van der Waals surface area contributed by atoms with Crippen LogP contribution in [0, 0.1) is 0 Å². The summed E-state index contributed by atoms with van der Waals surface area (Å²) in [6, 6.07) is 19.2. The van der Waals surface area contributed by atoms with Crippen LogP contribution in [0.5, 0.6) is 0 Å². The Kier molecular flexibility index (Phi) is 2.43. The molecule has 0 aliphatic carbocycles. The fraction of sp³-hybridized carbons (Fsp3) is 0.111. The summed E-state index contributed by atoms with van der Waals surface area (Å²) in [6.45, 7) is 0. The molecule has 0 saturated carbocycles. The molecule has 1 aromatic heterocycles. The van der Waals surface area contributed by atoms with Gasteiger partial charge in [0.1, 0.15) is 6.17 Å². The van der Waals surface area contributed by atoms with Crippen LogP contribution in [0.2, 0.25) is 0 Å². The molecular formula is C18H16N2. The Labute approximate surface area is 118 Å². The van der Waals surface area contributed by atoms with E-state index in [2.05, 4.69) is 89.5 Å². The third kappa shape index (κ3) is 1.58. The van der Waals surface area contributed by atoms with Gasteiger partial charge in [-0.2, -0.15) is 0 Å². The van der Waals surface area contributed by atoms with Crippen molar-refractivity contribution in [3.8, 4) is 0 Å². The average Bonchev–Trinajstić information content (AvgIpc) is 2.92. The molecule has 20 heavy (non-hydrogen) atoms. The Bertz CT molecular complexity index is 798. The molecule has 2 heteroatoms. The first kappa shape index (κ1) is 11.4. The summed E-state index contributed by atoms with van der Waals surface area (Å²) in [7, 11) is 2.15. The molecule has 98 valence electrons. The quantitative estimate of drug-likeness (QED) is 0.633. The summed E-state index contributed by atoms with van der Waals surface area (Å²) in [5.74, 6) is 0. The number of anilines is 1. The highest BCUT2D eigenvalue weighted by molar-refractivity contribution is 5.81. The number of rotatable bonds is 1. The van der Waals surface area contributed by atoms with Gasteiger partial charge in [-0.3, -0.25) is 0 Å². The van der Waals surface area contributed by atoms with E-state index in [1.54, 1.807) is 0 Å². The summed E-state index contributed by atoms with van der Waals surface area (Å²) >= 11 is 0. The van der Waals surface area contributed by atoms with Gasteiger partial charge in [-0.25, -0.2) is 0 Å². The Hall–Kier alpha value is -2.48. The van der Waals surface area contributed by atoms with Crippen molar-refractivity contribution in [2.75, 3.05) is 11.9 Å². The molecule has 0 radical (unpaired) electrons. The second-order valence-electron chi connectivity index (χ2n) is 5.22. The number of nitrogens with zero attached hydrogens (tertiary/aromatic N) is 2. The van der Waals surface area contributed by atoms with Crippen LogP contribution in [0.4, 0.5) is 5.69 Å². The molecular weight excluding hydrogens is 244 g/mol. The van der Waals surface area contributed by atoms with Crippen LogP contribution in [0.15, 0.2) is 66.9 Å². The van der Waals surface area contributed by atoms with Gasteiger partial charge in [0.15, 0.2) is 0 Å². The van der Waals surface area contributed by atoms with Crippen molar-refractivity contribution >= 4 is 22.7 Å². The molecule has 1 aliphatic heterocycles. The maximum atomic E-state index is 2.32. The van der Waals surface area contributed by atoms with Crippen molar-refractivity contribution in [1.29, 1.82) is 0 Å². The topological polar surface area (TPSA) is 8.17 Å². The summed E-state index contributed by atoms with van der Waals surface area (Å²) in [5, 5.41) is 1.29. The highest BCUT2D eigenvalue weighted by atomic mass is 15.3. The molecule has 2 nitrogen and oxygen atoms in total. The second-order valence-corrected chi connectivity index (χ2v) is 5.22. The van der Waals surface area contributed by atoms with E-state index in [0.717, 1.165) is 0 Å². The van der Waals surface area contributed by atoms with Crippen LogP contribution in [0.1, 0.15) is 11.7 Å². The van der Waals surface area contributed by atoms with E-state index in [1.165, 1.54) is 22.2 Å². The zero-order chi connectivity index (χ0) is 13.5. The van der Waals surface area contributed by atoms with Crippen molar-refractivity contribution in [2.24, 2.45) is 0 Å². The van der Waals surface area contributed by atoms with Gasteiger partial charge >= 0.3 is 0 Å². The van der Waals surface area contributed by atoms with Crippen molar-refractivity contribution < 1.29 is 0 Å². The monoisotopic (exact) mass is 260 g/mol. The molecule has 0 bridgehead atoms. The first-order valence-electron chi connectivity index (χ1n) is 6.90. The smallest absolute Gasteiger partial charge is 0.125 e. The van der Waals surface area contributed by atoms with Crippen LogP contribution in [-0.2, 0) is 0 Å². The van der Waals surface area contributed by atoms with Crippen molar-refractivity contribution in [3.63, 3.8) is 0 Å². The summed E-state index contributed by atoms with van der Waals surface area (Å²) in [4.78, 5) is 2.32. The number of hydrogen-bond acceptors (Lipinski definition) is 1. The molecule has 0 saturated heterocycles. The molecule has 3 aromatic rings. The van der Waals surface area contributed by atoms with E-state index in [9.17, 15) is 0 Å². The zero-order valence-electron chi connectivity index (χ0n) is 11.4. The summed E-state index contributed by atoms with van der Waals surface area (Å²) in [5.41, 5.74) is 3.83. The van der Waals surface area contributed by atoms with E-state index in [-0.39, 0.29) is 6.17 Å². The number of benzene rings is 2. The number of para-hydroxylation sites is 2. The molecule has 2 heterocycles. The van der Waals surface area contributed by atoms with Crippen molar-refractivity contribution in [1.82, 2.24) is 4.57 Å².